The normalized spacial score (nSPS) is 9.78. The maximum atomic E-state index is 11.9. The fraction of sp³-hybridized carbons (Fsp3) is 0.231. The Balaban J connectivity index is 2.50. The number of amides is 1. The number of anilines is 1. The predicted molar refractivity (Wildman–Crippen MR) is 76.3 cm³/mol. The minimum atomic E-state index is 0.0524. The minimum Gasteiger partial charge on any atom is -0.384 e. The number of carbonyl (C=O) groups is 1. The molecule has 0 aromatic carbocycles. The lowest BCUT2D eigenvalue weighted by Gasteiger charge is -2.18. The molecule has 96 valence electrons. The molecule has 0 fully saturated rings. The average molecular weight is 263 g/mol. The summed E-state index contributed by atoms with van der Waals surface area (Å²) < 4.78 is 0. The van der Waals surface area contributed by atoms with Gasteiger partial charge in [-0.1, -0.05) is 12.2 Å². The molecular weight excluding hydrogens is 246 g/mol. The van der Waals surface area contributed by atoms with Crippen molar-refractivity contribution in [2.75, 3.05) is 24.6 Å². The van der Waals surface area contributed by atoms with E-state index in [0.29, 0.717) is 24.7 Å². The van der Waals surface area contributed by atoms with Crippen molar-refractivity contribution in [3.8, 4) is 0 Å². The average Bonchev–Trinajstić information content (AvgIpc) is 2.37. The van der Waals surface area contributed by atoms with Gasteiger partial charge < -0.3 is 10.6 Å². The summed E-state index contributed by atoms with van der Waals surface area (Å²) >= 11 is 1.44. The first-order valence-electron chi connectivity index (χ1n) is 5.51. The van der Waals surface area contributed by atoms with Gasteiger partial charge in [-0.05, 0) is 12.1 Å². The number of thioether (sulfide) groups is 1. The van der Waals surface area contributed by atoms with Crippen molar-refractivity contribution in [2.45, 2.75) is 4.90 Å². The molecule has 0 bridgehead atoms. The van der Waals surface area contributed by atoms with Crippen molar-refractivity contribution in [3.05, 3.63) is 43.6 Å². The van der Waals surface area contributed by atoms with E-state index in [1.54, 1.807) is 29.3 Å². The summed E-state index contributed by atoms with van der Waals surface area (Å²) in [5, 5.41) is 0. The van der Waals surface area contributed by atoms with Gasteiger partial charge in [0.1, 0.15) is 5.82 Å². The van der Waals surface area contributed by atoms with Gasteiger partial charge in [0, 0.05) is 24.2 Å². The quantitative estimate of drug-likeness (QED) is 0.603. The second kappa shape index (κ2) is 7.55. The van der Waals surface area contributed by atoms with E-state index in [-0.39, 0.29) is 5.91 Å². The molecule has 0 saturated heterocycles. The molecular formula is C13H17N3OS. The lowest BCUT2D eigenvalue weighted by Crippen LogP contribution is -2.32. The van der Waals surface area contributed by atoms with Gasteiger partial charge in [0.2, 0.25) is 5.91 Å². The highest BCUT2D eigenvalue weighted by Crippen LogP contribution is 2.17. The van der Waals surface area contributed by atoms with Crippen LogP contribution in [-0.4, -0.2) is 34.6 Å². The monoisotopic (exact) mass is 263 g/mol. The van der Waals surface area contributed by atoms with Crippen LogP contribution in [0.2, 0.25) is 0 Å². The zero-order valence-electron chi connectivity index (χ0n) is 10.2. The van der Waals surface area contributed by atoms with E-state index < -0.39 is 0 Å². The zero-order valence-corrected chi connectivity index (χ0v) is 11.0. The van der Waals surface area contributed by atoms with Gasteiger partial charge in [-0.25, -0.2) is 4.98 Å². The van der Waals surface area contributed by atoms with Gasteiger partial charge >= 0.3 is 0 Å². The van der Waals surface area contributed by atoms with E-state index in [4.69, 9.17) is 5.73 Å². The fourth-order valence-electron chi connectivity index (χ4n) is 1.30. The molecule has 0 aliphatic heterocycles. The fourth-order valence-corrected chi connectivity index (χ4v) is 2.07. The van der Waals surface area contributed by atoms with Crippen LogP contribution in [0.5, 0.6) is 0 Å². The third-order valence-corrected chi connectivity index (χ3v) is 3.14. The topological polar surface area (TPSA) is 59.2 Å². The molecule has 18 heavy (non-hydrogen) atoms. The lowest BCUT2D eigenvalue weighted by atomic mass is 10.4. The molecule has 1 amide bonds. The SMILES string of the molecule is C=CCN(CC=C)C(=O)CSc1ccc(N)nc1. The van der Waals surface area contributed by atoms with Gasteiger partial charge in [0.15, 0.2) is 0 Å². The Hall–Kier alpha value is -1.75. The van der Waals surface area contributed by atoms with Gasteiger partial charge in [0.25, 0.3) is 0 Å². The Kier molecular flexibility index (Phi) is 6.00. The molecule has 0 aliphatic rings. The summed E-state index contributed by atoms with van der Waals surface area (Å²) in [6.07, 6.45) is 5.08. The molecule has 1 heterocycles. The van der Waals surface area contributed by atoms with Crippen molar-refractivity contribution in [2.24, 2.45) is 0 Å². The number of nitrogens with zero attached hydrogens (tertiary/aromatic N) is 2. The van der Waals surface area contributed by atoms with Crippen LogP contribution in [0.3, 0.4) is 0 Å². The molecule has 1 aromatic rings. The number of nitrogens with two attached hydrogens (primary N) is 1. The van der Waals surface area contributed by atoms with E-state index in [9.17, 15) is 4.79 Å². The van der Waals surface area contributed by atoms with Crippen LogP contribution in [-0.2, 0) is 4.79 Å². The summed E-state index contributed by atoms with van der Waals surface area (Å²) in [4.78, 5) is 18.5. The maximum Gasteiger partial charge on any atom is 0.233 e. The first-order valence-corrected chi connectivity index (χ1v) is 6.49. The highest BCUT2D eigenvalue weighted by molar-refractivity contribution is 8.00. The van der Waals surface area contributed by atoms with Gasteiger partial charge in [-0.3, -0.25) is 4.79 Å². The van der Waals surface area contributed by atoms with Gasteiger partial charge in [0.05, 0.1) is 5.75 Å². The molecule has 0 unspecified atom stereocenters. The first-order chi connectivity index (χ1) is 8.67. The van der Waals surface area contributed by atoms with Crippen LogP contribution in [0.25, 0.3) is 0 Å². The maximum absolute atomic E-state index is 11.9. The second-order valence-corrected chi connectivity index (χ2v) is 4.63. The number of hydrogen-bond donors (Lipinski definition) is 1. The molecule has 0 atom stereocenters. The van der Waals surface area contributed by atoms with Crippen LogP contribution in [0.15, 0.2) is 48.5 Å². The number of nitrogen functional groups attached to an aromatic ring is 1. The summed E-state index contributed by atoms with van der Waals surface area (Å²) in [5.41, 5.74) is 5.49. The van der Waals surface area contributed by atoms with Gasteiger partial charge in [-0.15, -0.1) is 24.9 Å². The third kappa shape index (κ3) is 4.63. The molecule has 1 aromatic heterocycles. The lowest BCUT2D eigenvalue weighted by molar-refractivity contribution is -0.127. The van der Waals surface area contributed by atoms with Crippen molar-refractivity contribution >= 4 is 23.5 Å². The number of rotatable bonds is 7. The Bertz CT molecular complexity index is 407. The Morgan fingerprint density at radius 3 is 2.56 bits per heavy atom. The van der Waals surface area contributed by atoms with Crippen LogP contribution < -0.4 is 5.73 Å². The molecule has 2 N–H and O–H groups in total. The van der Waals surface area contributed by atoms with Crippen LogP contribution in [0.1, 0.15) is 0 Å². The summed E-state index contributed by atoms with van der Waals surface area (Å²) in [6, 6.07) is 3.57. The van der Waals surface area contributed by atoms with E-state index in [0.717, 1.165) is 4.90 Å². The molecule has 0 saturated carbocycles. The molecule has 5 heteroatoms. The number of pyridine rings is 1. The minimum absolute atomic E-state index is 0.0524. The van der Waals surface area contributed by atoms with Crippen LogP contribution in [0.4, 0.5) is 5.82 Å². The number of aromatic nitrogens is 1. The number of hydrogen-bond acceptors (Lipinski definition) is 4. The largest absolute Gasteiger partial charge is 0.384 e. The second-order valence-electron chi connectivity index (χ2n) is 3.58. The smallest absolute Gasteiger partial charge is 0.233 e. The molecule has 0 spiro atoms. The molecule has 1 rings (SSSR count). The predicted octanol–water partition coefficient (Wildman–Crippen LogP) is 1.96. The Morgan fingerprint density at radius 2 is 2.06 bits per heavy atom. The molecule has 0 radical (unpaired) electrons. The van der Waals surface area contributed by atoms with Crippen molar-refractivity contribution < 1.29 is 4.79 Å². The van der Waals surface area contributed by atoms with Crippen molar-refractivity contribution in [1.82, 2.24) is 9.88 Å². The highest BCUT2D eigenvalue weighted by Gasteiger charge is 2.10. The van der Waals surface area contributed by atoms with E-state index >= 15 is 0 Å². The van der Waals surface area contributed by atoms with E-state index in [1.807, 2.05) is 6.07 Å². The molecule has 0 aliphatic carbocycles. The molecule has 4 nitrogen and oxygen atoms in total. The standard InChI is InChI=1S/C13H17N3OS/c1-3-7-16(8-4-2)13(17)10-18-11-5-6-12(14)15-9-11/h3-6,9H,1-2,7-8,10H2,(H2,14,15). The van der Waals surface area contributed by atoms with Crippen molar-refractivity contribution in [3.63, 3.8) is 0 Å². The van der Waals surface area contributed by atoms with Crippen LogP contribution >= 0.6 is 11.8 Å². The van der Waals surface area contributed by atoms with E-state index in [2.05, 4.69) is 18.1 Å². The summed E-state index contributed by atoms with van der Waals surface area (Å²) in [7, 11) is 0. The first kappa shape index (κ1) is 14.3. The third-order valence-electron chi connectivity index (χ3n) is 2.17. The van der Waals surface area contributed by atoms with Gasteiger partial charge in [-0.2, -0.15) is 0 Å². The zero-order chi connectivity index (χ0) is 13.4. The number of carbonyl (C=O) groups excluding carboxylic acids is 1. The Labute approximate surface area is 112 Å². The summed E-state index contributed by atoms with van der Waals surface area (Å²) in [6.45, 7) is 8.33. The summed E-state index contributed by atoms with van der Waals surface area (Å²) in [5.74, 6) is 0.898. The van der Waals surface area contributed by atoms with Crippen molar-refractivity contribution in [1.29, 1.82) is 0 Å². The Morgan fingerprint density at radius 1 is 1.39 bits per heavy atom. The van der Waals surface area contributed by atoms with E-state index in [1.165, 1.54) is 11.8 Å². The van der Waals surface area contributed by atoms with Crippen LogP contribution in [0, 0.1) is 0 Å². The highest BCUT2D eigenvalue weighted by atomic mass is 32.2.